The zero-order valence-corrected chi connectivity index (χ0v) is 13.0. The van der Waals surface area contributed by atoms with Gasteiger partial charge in [-0.25, -0.2) is 0 Å². The summed E-state index contributed by atoms with van der Waals surface area (Å²) in [4.78, 5) is 12.1. The van der Waals surface area contributed by atoms with E-state index < -0.39 is 0 Å². The van der Waals surface area contributed by atoms with Crippen LogP contribution in [0.2, 0.25) is 0 Å². The van der Waals surface area contributed by atoms with E-state index in [-0.39, 0.29) is 5.75 Å². The van der Waals surface area contributed by atoms with Crippen LogP contribution in [0.4, 0.5) is 5.69 Å². The Morgan fingerprint density at radius 3 is 2.95 bits per heavy atom. The summed E-state index contributed by atoms with van der Waals surface area (Å²) in [7, 11) is 1.46. The number of hydrogen-bond acceptors (Lipinski definition) is 5. The molecule has 0 spiro atoms. The lowest BCUT2D eigenvalue weighted by molar-refractivity contribution is -0.428. The first-order valence-corrected chi connectivity index (χ1v) is 8.34. The van der Waals surface area contributed by atoms with Crippen LogP contribution < -0.4 is 10.0 Å². The van der Waals surface area contributed by atoms with E-state index in [0.29, 0.717) is 16.6 Å². The third-order valence-corrected chi connectivity index (χ3v) is 5.64. The molecule has 3 rings (SSSR count). The third-order valence-electron chi connectivity index (χ3n) is 4.68. The Balaban J connectivity index is 1.66. The maximum atomic E-state index is 11.4. The maximum Gasteiger partial charge on any atom is 0.257 e. The normalized spacial score (nSPS) is 28.3. The van der Waals surface area contributed by atoms with E-state index >= 15 is 0 Å². The monoisotopic (exact) mass is 308 g/mol. The molecular formula is C15H22N3O2S+. The Hall–Kier alpha value is -1.11. The summed E-state index contributed by atoms with van der Waals surface area (Å²) in [6.45, 7) is 2.07. The minimum absolute atomic E-state index is 0.213. The second-order valence-electron chi connectivity index (χ2n) is 5.97. The lowest BCUT2D eigenvalue weighted by atomic mass is 9.69. The fourth-order valence-corrected chi connectivity index (χ4v) is 4.12. The number of benzene rings is 1. The fourth-order valence-electron chi connectivity index (χ4n) is 3.23. The molecule has 0 bridgehead atoms. The Labute approximate surface area is 129 Å². The Morgan fingerprint density at radius 2 is 2.24 bits per heavy atom. The van der Waals surface area contributed by atoms with Crippen LogP contribution in [0.25, 0.3) is 0 Å². The minimum Gasteiger partial charge on any atom is -0.507 e. The van der Waals surface area contributed by atoms with E-state index in [1.807, 2.05) is 0 Å². The van der Waals surface area contributed by atoms with Crippen molar-refractivity contribution in [1.29, 1.82) is 0 Å². The van der Waals surface area contributed by atoms with Crippen molar-refractivity contribution >= 4 is 17.6 Å². The van der Waals surface area contributed by atoms with Gasteiger partial charge in [-0.2, -0.15) is 0 Å². The molecule has 3 atom stereocenters. The Morgan fingerprint density at radius 1 is 1.38 bits per heavy atom. The number of phenols is 1. The van der Waals surface area contributed by atoms with Crippen LogP contribution in [0.3, 0.4) is 0 Å². The van der Waals surface area contributed by atoms with E-state index in [4.69, 9.17) is 0 Å². The lowest BCUT2D eigenvalue weighted by Gasteiger charge is -2.40. The van der Waals surface area contributed by atoms with Crippen LogP contribution >= 0.6 is 11.9 Å². The number of nitrogens with one attached hydrogen (secondary N) is 2. The van der Waals surface area contributed by atoms with E-state index in [0.717, 1.165) is 29.7 Å². The number of hydrogen-bond donors (Lipinski definition) is 3. The molecule has 1 aliphatic heterocycles. The number of nitroso groups, excluding NO2 is 1. The molecule has 3 N–H and O–H groups in total. The molecule has 1 heterocycles. The lowest BCUT2D eigenvalue weighted by Crippen LogP contribution is -2.44. The second-order valence-corrected chi connectivity index (χ2v) is 6.85. The SMILES string of the molecule is C[N+](=O)c1ccc(O)c(SNC2CNCCC3CCC32)c1. The van der Waals surface area contributed by atoms with Crippen molar-refractivity contribution in [3.8, 4) is 5.75 Å². The number of phenolic OH excluding ortho intramolecular Hbond substituents is 1. The van der Waals surface area contributed by atoms with Gasteiger partial charge in [0.25, 0.3) is 5.69 Å². The molecule has 5 nitrogen and oxygen atoms in total. The van der Waals surface area contributed by atoms with Gasteiger partial charge in [-0.3, -0.25) is 4.72 Å². The van der Waals surface area contributed by atoms with Crippen molar-refractivity contribution in [3.63, 3.8) is 0 Å². The van der Waals surface area contributed by atoms with Gasteiger partial charge >= 0.3 is 0 Å². The van der Waals surface area contributed by atoms with Gasteiger partial charge in [-0.05, 0) is 55.7 Å². The Kier molecular flexibility index (Phi) is 4.47. The Bertz CT molecular complexity index is 538. The van der Waals surface area contributed by atoms with Gasteiger partial charge in [-0.15, -0.1) is 0 Å². The van der Waals surface area contributed by atoms with Gasteiger partial charge < -0.3 is 10.4 Å². The second kappa shape index (κ2) is 6.34. The summed E-state index contributed by atoms with van der Waals surface area (Å²) in [5.41, 5.74) is 0.553. The fraction of sp³-hybridized carbons (Fsp3) is 0.600. The standard InChI is InChI=1S/C15H21N3O2S/c1-18(20)11-3-5-14(19)15(8-11)21-17-13-9-16-7-6-10-2-4-12(10)13/h3,5,8,10,12-13,16-17H,2,4,6-7,9H2,1H3/p+1. The van der Waals surface area contributed by atoms with Crippen LogP contribution in [-0.2, 0) is 0 Å². The molecule has 6 heteroatoms. The van der Waals surface area contributed by atoms with Gasteiger partial charge in [-0.1, -0.05) is 0 Å². The van der Waals surface area contributed by atoms with Crippen molar-refractivity contribution in [3.05, 3.63) is 23.1 Å². The van der Waals surface area contributed by atoms with Crippen LogP contribution in [0.5, 0.6) is 5.75 Å². The highest BCUT2D eigenvalue weighted by Gasteiger charge is 2.38. The van der Waals surface area contributed by atoms with Crippen molar-refractivity contribution in [2.45, 2.75) is 30.2 Å². The zero-order valence-electron chi connectivity index (χ0n) is 12.2. The first kappa shape index (κ1) is 14.8. The van der Waals surface area contributed by atoms with Crippen LogP contribution in [0.1, 0.15) is 19.3 Å². The van der Waals surface area contributed by atoms with Crippen LogP contribution in [-0.4, -0.2) is 36.0 Å². The number of aromatic hydroxyl groups is 1. The molecule has 1 aromatic rings. The van der Waals surface area contributed by atoms with Crippen LogP contribution in [0, 0.1) is 16.7 Å². The number of fused-ring (bicyclic) bond motifs is 1. The smallest absolute Gasteiger partial charge is 0.257 e. The molecule has 114 valence electrons. The van der Waals surface area contributed by atoms with Gasteiger partial charge in [0.15, 0.2) is 7.05 Å². The molecule has 21 heavy (non-hydrogen) atoms. The number of rotatable bonds is 4. The average molecular weight is 308 g/mol. The van der Waals surface area contributed by atoms with Crippen molar-refractivity contribution < 1.29 is 9.87 Å². The molecule has 0 amide bonds. The van der Waals surface area contributed by atoms with Crippen molar-refractivity contribution in [2.24, 2.45) is 11.8 Å². The van der Waals surface area contributed by atoms with Gasteiger partial charge in [0.05, 0.1) is 4.90 Å². The van der Waals surface area contributed by atoms with E-state index in [2.05, 4.69) is 10.0 Å². The molecule has 3 unspecified atom stereocenters. The molecule has 1 aromatic carbocycles. The third kappa shape index (κ3) is 3.22. The zero-order chi connectivity index (χ0) is 14.8. The van der Waals surface area contributed by atoms with E-state index in [1.165, 1.54) is 38.3 Å². The predicted molar refractivity (Wildman–Crippen MR) is 83.8 cm³/mol. The highest BCUT2D eigenvalue weighted by atomic mass is 32.2. The van der Waals surface area contributed by atoms with E-state index in [1.54, 1.807) is 18.2 Å². The molecule has 2 aliphatic rings. The first-order valence-electron chi connectivity index (χ1n) is 7.52. The molecule has 2 fully saturated rings. The minimum atomic E-state index is 0.213. The average Bonchev–Trinajstić information content (AvgIpc) is 2.56. The first-order chi connectivity index (χ1) is 10.1. The van der Waals surface area contributed by atoms with Gasteiger partial charge in [0, 0.05) is 34.4 Å². The van der Waals surface area contributed by atoms with E-state index in [9.17, 15) is 10.0 Å². The molecule has 0 aromatic heterocycles. The van der Waals surface area contributed by atoms with Gasteiger partial charge in [0.2, 0.25) is 0 Å². The van der Waals surface area contributed by atoms with Gasteiger partial charge in [0.1, 0.15) is 5.75 Å². The summed E-state index contributed by atoms with van der Waals surface area (Å²) in [6, 6.07) is 5.35. The highest BCUT2D eigenvalue weighted by molar-refractivity contribution is 7.97. The van der Waals surface area contributed by atoms with Crippen molar-refractivity contribution in [1.82, 2.24) is 10.0 Å². The molecule has 1 aliphatic carbocycles. The molecular weight excluding hydrogens is 286 g/mol. The largest absolute Gasteiger partial charge is 0.507 e. The van der Waals surface area contributed by atoms with Crippen LogP contribution in [0.15, 0.2) is 23.1 Å². The molecule has 1 saturated carbocycles. The topological polar surface area (TPSA) is 64.4 Å². The summed E-state index contributed by atoms with van der Waals surface area (Å²) >= 11 is 1.43. The maximum absolute atomic E-state index is 11.4. The summed E-state index contributed by atoms with van der Waals surface area (Å²) in [5.74, 6) is 1.79. The molecule has 0 radical (unpaired) electrons. The summed E-state index contributed by atoms with van der Waals surface area (Å²) in [6.07, 6.45) is 3.91. The molecule has 1 saturated heterocycles. The number of nitrogens with zero attached hydrogens (tertiary/aromatic N) is 1. The predicted octanol–water partition coefficient (Wildman–Crippen LogP) is 2.42. The van der Waals surface area contributed by atoms with Crippen molar-refractivity contribution in [2.75, 3.05) is 20.1 Å². The summed E-state index contributed by atoms with van der Waals surface area (Å²) < 4.78 is 4.29. The quantitative estimate of drug-likeness (QED) is 0.589. The highest BCUT2D eigenvalue weighted by Crippen LogP contribution is 2.41. The summed E-state index contributed by atoms with van der Waals surface area (Å²) in [5, 5.41) is 13.4.